The average molecular weight is 184 g/mol. The van der Waals surface area contributed by atoms with E-state index >= 15 is 0 Å². The fraction of sp³-hybridized carbons (Fsp3) is 0.500. The molecule has 0 rings (SSSR count). The molecule has 2 nitrogen and oxygen atoms in total. The third-order valence-electron chi connectivity index (χ3n) is 0.195. The zero-order valence-corrected chi connectivity index (χ0v) is 5.14. The lowest BCUT2D eigenvalue weighted by Gasteiger charge is -1.92. The minimum Gasteiger partial charge on any atom is -0.240 e. The van der Waals surface area contributed by atoms with Crippen molar-refractivity contribution in [3.8, 4) is 0 Å². The number of rotatable bonds is 1. The molecular formula is C2H5IN2. The maximum atomic E-state index is 3.46. The summed E-state index contributed by atoms with van der Waals surface area (Å²) in [5.74, 6) is 0. The summed E-state index contributed by atoms with van der Waals surface area (Å²) < 4.78 is 1.61. The standard InChI is InChI=1S/C2H5IN2/c1-4-5(2)3/h1H2,2H3. The van der Waals surface area contributed by atoms with E-state index in [-0.39, 0.29) is 0 Å². The molecule has 0 heterocycles. The molecule has 0 aliphatic rings. The second kappa shape index (κ2) is 2.44. The Morgan fingerprint density at radius 2 is 2.20 bits per heavy atom. The number of hydrazone groups is 1. The van der Waals surface area contributed by atoms with Gasteiger partial charge in [0.2, 0.25) is 0 Å². The molecule has 0 saturated heterocycles. The van der Waals surface area contributed by atoms with E-state index in [4.69, 9.17) is 0 Å². The van der Waals surface area contributed by atoms with Crippen LogP contribution in [0.2, 0.25) is 0 Å². The lowest BCUT2D eigenvalue weighted by molar-refractivity contribution is 0.674. The van der Waals surface area contributed by atoms with Crippen molar-refractivity contribution >= 4 is 29.6 Å². The van der Waals surface area contributed by atoms with Crippen LogP contribution in [0.4, 0.5) is 0 Å². The highest BCUT2D eigenvalue weighted by atomic mass is 127. The van der Waals surface area contributed by atoms with Crippen LogP contribution < -0.4 is 0 Å². The molecule has 3 heteroatoms. The summed E-state index contributed by atoms with van der Waals surface area (Å²) in [5, 5.41) is 3.46. The lowest BCUT2D eigenvalue weighted by atomic mass is 11.5. The van der Waals surface area contributed by atoms with Crippen molar-refractivity contribution in [3.05, 3.63) is 0 Å². The normalized spacial score (nSPS) is 6.80. The average Bonchev–Trinajstić information content (AvgIpc) is 1.38. The van der Waals surface area contributed by atoms with Gasteiger partial charge in [0.25, 0.3) is 0 Å². The number of hydrogen-bond acceptors (Lipinski definition) is 2. The molecule has 0 aromatic carbocycles. The van der Waals surface area contributed by atoms with Crippen molar-refractivity contribution in [2.75, 3.05) is 7.05 Å². The molecule has 30 valence electrons. The summed E-state index contributed by atoms with van der Waals surface area (Å²) in [6.07, 6.45) is 0. The molecule has 0 radical (unpaired) electrons. The zero-order valence-electron chi connectivity index (χ0n) is 2.98. The highest BCUT2D eigenvalue weighted by Gasteiger charge is 1.66. The second-order valence-corrected chi connectivity index (χ2v) is 1.98. The van der Waals surface area contributed by atoms with Gasteiger partial charge in [0.15, 0.2) is 0 Å². The Bertz CT molecular complexity index is 34.6. The number of nitrogens with zero attached hydrogens (tertiary/aromatic N) is 2. The highest BCUT2D eigenvalue weighted by molar-refractivity contribution is 14.1. The maximum Gasteiger partial charge on any atom is 0.0780 e. The van der Waals surface area contributed by atoms with E-state index in [1.807, 2.05) is 29.9 Å². The molecule has 0 amide bonds. The van der Waals surface area contributed by atoms with E-state index in [0.717, 1.165) is 0 Å². The van der Waals surface area contributed by atoms with E-state index in [0.29, 0.717) is 0 Å². The van der Waals surface area contributed by atoms with Crippen molar-refractivity contribution in [1.29, 1.82) is 0 Å². The molecule has 0 aliphatic heterocycles. The van der Waals surface area contributed by atoms with Gasteiger partial charge in [0.1, 0.15) is 0 Å². The van der Waals surface area contributed by atoms with E-state index in [2.05, 4.69) is 11.8 Å². The molecule has 5 heavy (non-hydrogen) atoms. The predicted octanol–water partition coefficient (Wildman–Crippen LogP) is 0.884. The SMILES string of the molecule is C=NN(C)I. The summed E-state index contributed by atoms with van der Waals surface area (Å²) in [5.41, 5.74) is 0. The topological polar surface area (TPSA) is 15.6 Å². The van der Waals surface area contributed by atoms with E-state index in [1.165, 1.54) is 0 Å². The van der Waals surface area contributed by atoms with Gasteiger partial charge < -0.3 is 0 Å². The van der Waals surface area contributed by atoms with Crippen LogP contribution in [0, 0.1) is 0 Å². The van der Waals surface area contributed by atoms with Crippen molar-refractivity contribution in [1.82, 2.24) is 3.22 Å². The van der Waals surface area contributed by atoms with Gasteiger partial charge in [-0.25, -0.2) is 3.22 Å². The van der Waals surface area contributed by atoms with Gasteiger partial charge in [-0.2, -0.15) is 5.10 Å². The first-order chi connectivity index (χ1) is 2.27. The highest BCUT2D eigenvalue weighted by Crippen LogP contribution is 1.87. The molecule has 0 fully saturated rings. The Hall–Kier alpha value is 0.200. The molecule has 0 spiro atoms. The Balaban J connectivity index is 2.83. The quantitative estimate of drug-likeness (QED) is 0.255. The van der Waals surface area contributed by atoms with Crippen LogP contribution in [0.5, 0.6) is 0 Å². The zero-order chi connectivity index (χ0) is 4.28. The molecule has 0 aromatic rings. The molecule has 0 aromatic heterocycles. The van der Waals surface area contributed by atoms with Gasteiger partial charge in [-0.3, -0.25) is 0 Å². The Kier molecular flexibility index (Phi) is 2.54. The van der Waals surface area contributed by atoms with Crippen LogP contribution in [0.3, 0.4) is 0 Å². The summed E-state index contributed by atoms with van der Waals surface area (Å²) in [6, 6.07) is 0. The smallest absolute Gasteiger partial charge is 0.0780 e. The van der Waals surface area contributed by atoms with Crippen LogP contribution in [0.25, 0.3) is 0 Å². The Morgan fingerprint density at radius 1 is 2.00 bits per heavy atom. The first-order valence-electron chi connectivity index (χ1n) is 1.13. The molecule has 0 bridgehead atoms. The summed E-state index contributed by atoms with van der Waals surface area (Å²) in [4.78, 5) is 0. The van der Waals surface area contributed by atoms with Crippen molar-refractivity contribution in [2.24, 2.45) is 5.10 Å². The van der Waals surface area contributed by atoms with E-state index in [9.17, 15) is 0 Å². The van der Waals surface area contributed by atoms with Crippen LogP contribution in [-0.4, -0.2) is 17.0 Å². The largest absolute Gasteiger partial charge is 0.240 e. The summed E-state index contributed by atoms with van der Waals surface area (Å²) in [6.45, 7) is 3.23. The van der Waals surface area contributed by atoms with Crippen molar-refractivity contribution in [2.45, 2.75) is 0 Å². The van der Waals surface area contributed by atoms with E-state index < -0.39 is 0 Å². The Labute approximate surface area is 45.3 Å². The van der Waals surface area contributed by atoms with E-state index in [1.54, 1.807) is 3.22 Å². The molecule has 0 atom stereocenters. The lowest BCUT2D eigenvalue weighted by Crippen LogP contribution is -1.86. The fourth-order valence-corrected chi connectivity index (χ4v) is 0. The van der Waals surface area contributed by atoms with Gasteiger partial charge in [-0.15, -0.1) is 0 Å². The maximum absolute atomic E-state index is 3.46. The summed E-state index contributed by atoms with van der Waals surface area (Å²) in [7, 11) is 1.81. The van der Waals surface area contributed by atoms with Crippen LogP contribution in [0.15, 0.2) is 5.10 Å². The molecule has 0 saturated carbocycles. The van der Waals surface area contributed by atoms with Gasteiger partial charge in [-0.1, -0.05) is 0 Å². The minimum atomic E-state index is 1.61. The first kappa shape index (κ1) is 5.20. The molecule has 0 aliphatic carbocycles. The van der Waals surface area contributed by atoms with Crippen LogP contribution >= 0.6 is 22.9 Å². The third kappa shape index (κ3) is 4.20. The van der Waals surface area contributed by atoms with Crippen LogP contribution in [0.1, 0.15) is 0 Å². The van der Waals surface area contributed by atoms with Gasteiger partial charge >= 0.3 is 0 Å². The predicted molar refractivity (Wildman–Crippen MR) is 31.3 cm³/mol. The number of halogens is 1. The Morgan fingerprint density at radius 3 is 2.20 bits per heavy atom. The van der Waals surface area contributed by atoms with Gasteiger partial charge in [0.05, 0.1) is 22.9 Å². The summed E-state index contributed by atoms with van der Waals surface area (Å²) >= 11 is 2.01. The number of hydrogen-bond donors (Lipinski definition) is 0. The van der Waals surface area contributed by atoms with Gasteiger partial charge in [-0.05, 0) is 0 Å². The van der Waals surface area contributed by atoms with Gasteiger partial charge in [0, 0.05) is 13.8 Å². The third-order valence-corrected chi connectivity index (χ3v) is 0.500. The molecule has 0 unspecified atom stereocenters. The van der Waals surface area contributed by atoms with Crippen molar-refractivity contribution < 1.29 is 0 Å². The molecular weight excluding hydrogens is 179 g/mol. The first-order valence-corrected chi connectivity index (χ1v) is 2.10. The van der Waals surface area contributed by atoms with Crippen molar-refractivity contribution in [3.63, 3.8) is 0 Å². The fourth-order valence-electron chi connectivity index (χ4n) is 0. The monoisotopic (exact) mass is 184 g/mol. The molecule has 0 N–H and O–H groups in total. The van der Waals surface area contributed by atoms with Crippen LogP contribution in [-0.2, 0) is 0 Å². The minimum absolute atomic E-state index is 1.61. The second-order valence-electron chi connectivity index (χ2n) is 0.586.